The van der Waals surface area contributed by atoms with Crippen molar-refractivity contribution in [3.8, 4) is 34.6 Å². The maximum atomic E-state index is 12.4. The van der Waals surface area contributed by atoms with Crippen LogP contribution in [0.5, 0.6) is 5.75 Å². The van der Waals surface area contributed by atoms with Gasteiger partial charge in [-0.25, -0.2) is 4.98 Å². The number of β-amino-alcohol motifs (C(OH)–C–C–N with tert-alkyl or cyclic N) is 1. The van der Waals surface area contributed by atoms with Gasteiger partial charge in [0.15, 0.2) is 11.6 Å². The van der Waals surface area contributed by atoms with E-state index in [4.69, 9.17) is 9.72 Å². The Morgan fingerprint density at radius 2 is 2.15 bits per heavy atom. The Hall–Kier alpha value is -3.70. The third-order valence-corrected chi connectivity index (χ3v) is 6.34. The number of aromatic amines is 1. The van der Waals surface area contributed by atoms with Gasteiger partial charge in [0.1, 0.15) is 11.8 Å². The number of carbonyl (C=O) groups excluding carboxylic acids is 1. The lowest BCUT2D eigenvalue weighted by Crippen LogP contribution is -2.30. The van der Waals surface area contributed by atoms with Crippen molar-refractivity contribution in [1.82, 2.24) is 20.1 Å². The summed E-state index contributed by atoms with van der Waals surface area (Å²) in [5.74, 6) is 2.03. The van der Waals surface area contributed by atoms with Gasteiger partial charge in [0.2, 0.25) is 5.91 Å². The predicted molar refractivity (Wildman–Crippen MR) is 121 cm³/mol. The van der Waals surface area contributed by atoms with Gasteiger partial charge in [-0.2, -0.15) is 10.4 Å². The Bertz CT molecular complexity index is 1260. The average Bonchev–Trinajstić information content (AvgIpc) is 3.49. The SMILES string of the molecule is CC(C)Oc1ccc(-c2n[nH]c(-c3cccc4c3CC3CC(=O)N(CCO)C43)n2)cc1C#N. The second-order valence-corrected chi connectivity index (χ2v) is 8.79. The number of nitriles is 1. The molecule has 2 aliphatic rings. The van der Waals surface area contributed by atoms with Crippen LogP contribution in [0.25, 0.3) is 22.8 Å². The highest BCUT2D eigenvalue weighted by Crippen LogP contribution is 2.49. The van der Waals surface area contributed by atoms with Crippen molar-refractivity contribution in [2.24, 2.45) is 5.92 Å². The van der Waals surface area contributed by atoms with Gasteiger partial charge in [0, 0.05) is 24.1 Å². The van der Waals surface area contributed by atoms with E-state index in [1.54, 1.807) is 17.0 Å². The van der Waals surface area contributed by atoms with E-state index < -0.39 is 0 Å². The molecular weight excluding hydrogens is 418 g/mol. The van der Waals surface area contributed by atoms with E-state index in [1.807, 2.05) is 32.0 Å². The molecule has 1 aliphatic heterocycles. The molecular formula is C25H25N5O3. The molecule has 8 nitrogen and oxygen atoms in total. The van der Waals surface area contributed by atoms with E-state index in [9.17, 15) is 15.2 Å². The monoisotopic (exact) mass is 443 g/mol. The van der Waals surface area contributed by atoms with Crippen molar-refractivity contribution in [2.75, 3.05) is 13.2 Å². The molecule has 5 rings (SSSR count). The number of amides is 1. The summed E-state index contributed by atoms with van der Waals surface area (Å²) in [5.41, 5.74) is 4.43. The van der Waals surface area contributed by atoms with Crippen LogP contribution >= 0.6 is 0 Å². The number of hydrogen-bond donors (Lipinski definition) is 2. The van der Waals surface area contributed by atoms with Gasteiger partial charge >= 0.3 is 0 Å². The molecule has 2 heterocycles. The summed E-state index contributed by atoms with van der Waals surface area (Å²) in [7, 11) is 0. The van der Waals surface area contributed by atoms with Gasteiger partial charge in [-0.3, -0.25) is 9.89 Å². The molecule has 8 heteroatoms. The Morgan fingerprint density at radius 3 is 2.91 bits per heavy atom. The van der Waals surface area contributed by atoms with Crippen LogP contribution in [0.15, 0.2) is 36.4 Å². The first-order valence-electron chi connectivity index (χ1n) is 11.2. The third-order valence-electron chi connectivity index (χ3n) is 6.34. The van der Waals surface area contributed by atoms with Crippen molar-refractivity contribution in [3.63, 3.8) is 0 Å². The number of ether oxygens (including phenoxy) is 1. The van der Waals surface area contributed by atoms with E-state index in [-0.39, 0.29) is 30.6 Å². The van der Waals surface area contributed by atoms with Crippen LogP contribution in [-0.4, -0.2) is 50.4 Å². The highest BCUT2D eigenvalue weighted by molar-refractivity contribution is 5.81. The molecule has 1 amide bonds. The predicted octanol–water partition coefficient (Wildman–Crippen LogP) is 3.24. The van der Waals surface area contributed by atoms with Crippen LogP contribution in [0.3, 0.4) is 0 Å². The van der Waals surface area contributed by atoms with Crippen molar-refractivity contribution >= 4 is 5.91 Å². The molecule has 2 aromatic carbocycles. The Balaban J connectivity index is 1.48. The number of nitrogens with one attached hydrogen (secondary N) is 1. The summed E-state index contributed by atoms with van der Waals surface area (Å²) in [5, 5.41) is 26.4. The zero-order valence-corrected chi connectivity index (χ0v) is 18.6. The number of H-pyrrole nitrogens is 1. The molecule has 1 saturated heterocycles. The molecule has 1 aromatic heterocycles. The summed E-state index contributed by atoms with van der Waals surface area (Å²) in [6, 6.07) is 13.6. The molecule has 33 heavy (non-hydrogen) atoms. The molecule has 168 valence electrons. The van der Waals surface area contributed by atoms with E-state index in [0.717, 1.165) is 23.1 Å². The number of hydrogen-bond acceptors (Lipinski definition) is 6. The van der Waals surface area contributed by atoms with Gasteiger partial charge in [-0.15, -0.1) is 0 Å². The highest BCUT2D eigenvalue weighted by atomic mass is 16.5. The minimum absolute atomic E-state index is 0.00804. The lowest BCUT2D eigenvalue weighted by molar-refractivity contribution is -0.129. The minimum atomic E-state index is -0.0405. The first-order chi connectivity index (χ1) is 16.0. The number of fused-ring (bicyclic) bond motifs is 3. The Labute approximate surface area is 191 Å². The third kappa shape index (κ3) is 3.64. The highest BCUT2D eigenvalue weighted by Gasteiger charge is 2.46. The Kier molecular flexibility index (Phi) is 5.35. The zero-order valence-electron chi connectivity index (χ0n) is 18.6. The van der Waals surface area contributed by atoms with E-state index in [2.05, 4.69) is 22.3 Å². The van der Waals surface area contributed by atoms with Crippen molar-refractivity contribution in [1.29, 1.82) is 5.26 Å². The molecule has 2 N–H and O–H groups in total. The molecule has 2 atom stereocenters. The van der Waals surface area contributed by atoms with Gasteiger partial charge in [-0.05, 0) is 55.5 Å². The molecule has 2 unspecified atom stereocenters. The van der Waals surface area contributed by atoms with Crippen LogP contribution < -0.4 is 4.74 Å². The number of nitrogens with zero attached hydrogens (tertiary/aromatic N) is 4. The molecule has 0 spiro atoms. The van der Waals surface area contributed by atoms with Gasteiger partial charge in [0.05, 0.1) is 24.3 Å². The molecule has 0 radical (unpaired) electrons. The second-order valence-electron chi connectivity index (χ2n) is 8.79. The van der Waals surface area contributed by atoms with Crippen LogP contribution in [-0.2, 0) is 11.2 Å². The number of benzene rings is 2. The number of likely N-dealkylation sites (tertiary alicyclic amines) is 1. The zero-order chi connectivity index (χ0) is 23.1. The smallest absolute Gasteiger partial charge is 0.223 e. The maximum absolute atomic E-state index is 12.4. The van der Waals surface area contributed by atoms with Crippen LogP contribution in [0.4, 0.5) is 0 Å². The van der Waals surface area contributed by atoms with Gasteiger partial charge in [0.25, 0.3) is 0 Å². The van der Waals surface area contributed by atoms with E-state index >= 15 is 0 Å². The molecule has 0 bridgehead atoms. The lowest BCUT2D eigenvalue weighted by Gasteiger charge is -2.24. The first kappa shape index (κ1) is 21.2. The molecule has 0 saturated carbocycles. The maximum Gasteiger partial charge on any atom is 0.223 e. The standard InChI is InChI=1S/C25H25N5O3/c1-14(2)33-21-7-6-15(10-17(21)13-26)24-27-25(29-28-24)19-5-3-4-18-20(19)11-16-12-22(32)30(8-9-31)23(16)18/h3-7,10,14,16,23,31H,8-9,11-12H2,1-2H3,(H,27,28,29). The average molecular weight is 444 g/mol. The van der Waals surface area contributed by atoms with E-state index in [0.29, 0.717) is 35.9 Å². The van der Waals surface area contributed by atoms with Gasteiger partial charge < -0.3 is 14.7 Å². The topological polar surface area (TPSA) is 115 Å². The normalized spacial score (nSPS) is 19.0. The number of aliphatic hydroxyl groups is 1. The molecule has 3 aromatic rings. The minimum Gasteiger partial charge on any atom is -0.490 e. The summed E-state index contributed by atoms with van der Waals surface area (Å²) >= 11 is 0. The van der Waals surface area contributed by atoms with Crippen molar-refractivity contribution in [3.05, 3.63) is 53.1 Å². The molecule has 1 fully saturated rings. The number of aromatic nitrogens is 3. The number of aliphatic hydroxyl groups excluding tert-OH is 1. The summed E-state index contributed by atoms with van der Waals surface area (Å²) in [4.78, 5) is 18.9. The fourth-order valence-electron chi connectivity index (χ4n) is 5.06. The van der Waals surface area contributed by atoms with Crippen molar-refractivity contribution in [2.45, 2.75) is 38.8 Å². The second kappa shape index (κ2) is 8.34. The van der Waals surface area contributed by atoms with Crippen LogP contribution in [0.1, 0.15) is 43.0 Å². The van der Waals surface area contributed by atoms with Gasteiger partial charge in [-0.1, -0.05) is 18.2 Å². The largest absolute Gasteiger partial charge is 0.490 e. The summed E-state index contributed by atoms with van der Waals surface area (Å²) in [6.07, 6.45) is 1.27. The Morgan fingerprint density at radius 1 is 1.30 bits per heavy atom. The number of rotatable bonds is 6. The van der Waals surface area contributed by atoms with Crippen molar-refractivity contribution < 1.29 is 14.6 Å². The first-order valence-corrected chi connectivity index (χ1v) is 11.2. The number of carbonyl (C=O) groups is 1. The summed E-state index contributed by atoms with van der Waals surface area (Å²) < 4.78 is 5.71. The summed E-state index contributed by atoms with van der Waals surface area (Å²) in [6.45, 7) is 4.15. The lowest BCUT2D eigenvalue weighted by atomic mass is 10.0. The molecule has 1 aliphatic carbocycles. The van der Waals surface area contributed by atoms with E-state index in [1.165, 1.54) is 5.56 Å². The fraction of sp³-hybridized carbons (Fsp3) is 0.360. The fourth-order valence-corrected chi connectivity index (χ4v) is 5.06. The van der Waals surface area contributed by atoms with Crippen LogP contribution in [0.2, 0.25) is 0 Å². The van der Waals surface area contributed by atoms with Crippen LogP contribution in [0, 0.1) is 17.2 Å². The quantitative estimate of drug-likeness (QED) is 0.604.